The third-order valence-corrected chi connectivity index (χ3v) is 10.1. The Hall–Kier alpha value is -1.61. The van der Waals surface area contributed by atoms with Crippen LogP contribution in [0.2, 0.25) is 0 Å². The molecule has 2 bridgehead atoms. The molecule has 2 aliphatic carbocycles. The lowest BCUT2D eigenvalue weighted by Crippen LogP contribution is -2.48. The van der Waals surface area contributed by atoms with Crippen LogP contribution in [0.25, 0.3) is 0 Å². The Bertz CT molecular complexity index is 950. The smallest absolute Gasteiger partial charge is 0.305 e. The van der Waals surface area contributed by atoms with E-state index >= 15 is 0 Å². The van der Waals surface area contributed by atoms with Gasteiger partial charge >= 0.3 is 10.8 Å². The number of nitrogens with one attached hydrogen (secondary N) is 1. The average molecular weight is 423 g/mol. The SMILES string of the molecule is CC1(C)c2sc(=O)[nH]c2S[C@@H]2[C@H]3C[C@@H]([C@H]4C(=O)N(CCCC(=O)O)C(=O)[C@@H]34)[C@H]21. The molecule has 2 amide bonds. The molecule has 0 aromatic carbocycles. The number of H-pyrrole nitrogens is 1. The summed E-state index contributed by atoms with van der Waals surface area (Å²) in [6.45, 7) is 4.52. The van der Waals surface area contributed by atoms with Crippen molar-refractivity contribution in [2.45, 2.75) is 48.8 Å². The van der Waals surface area contributed by atoms with Crippen molar-refractivity contribution in [3.8, 4) is 0 Å². The van der Waals surface area contributed by atoms with Crippen molar-refractivity contribution >= 4 is 40.9 Å². The molecule has 4 aliphatic rings. The van der Waals surface area contributed by atoms with E-state index in [9.17, 15) is 19.2 Å². The minimum absolute atomic E-state index is 0.0407. The molecule has 2 saturated carbocycles. The van der Waals surface area contributed by atoms with E-state index in [1.165, 1.54) is 16.2 Å². The summed E-state index contributed by atoms with van der Waals surface area (Å²) in [5.74, 6) is -1.15. The fourth-order valence-corrected chi connectivity index (χ4v) is 9.48. The van der Waals surface area contributed by atoms with Crippen LogP contribution in [0.5, 0.6) is 0 Å². The highest BCUT2D eigenvalue weighted by Gasteiger charge is 2.70. The lowest BCUT2D eigenvalue weighted by molar-refractivity contribution is -0.142. The number of imide groups is 1. The topological polar surface area (TPSA) is 108 Å². The summed E-state index contributed by atoms with van der Waals surface area (Å²) >= 11 is 2.95. The van der Waals surface area contributed by atoms with Gasteiger partial charge in [-0.2, -0.15) is 0 Å². The Morgan fingerprint density at radius 1 is 1.21 bits per heavy atom. The van der Waals surface area contributed by atoms with Gasteiger partial charge in [0.05, 0.1) is 16.9 Å². The van der Waals surface area contributed by atoms with Crippen molar-refractivity contribution in [2.24, 2.45) is 29.6 Å². The van der Waals surface area contributed by atoms with E-state index < -0.39 is 5.97 Å². The maximum absolute atomic E-state index is 13.1. The first-order valence-corrected chi connectivity index (χ1v) is 11.4. The molecule has 1 saturated heterocycles. The first-order valence-electron chi connectivity index (χ1n) is 9.69. The first kappa shape index (κ1) is 18.4. The molecule has 0 spiro atoms. The predicted molar refractivity (Wildman–Crippen MR) is 103 cm³/mol. The number of nitrogens with zero attached hydrogens (tertiary/aromatic N) is 1. The number of amides is 2. The molecule has 0 radical (unpaired) electrons. The highest BCUT2D eigenvalue weighted by molar-refractivity contribution is 8.00. The van der Waals surface area contributed by atoms with Crippen molar-refractivity contribution in [3.63, 3.8) is 0 Å². The van der Waals surface area contributed by atoms with Crippen molar-refractivity contribution in [1.29, 1.82) is 0 Å². The number of thiazole rings is 1. The Balaban J connectivity index is 1.46. The van der Waals surface area contributed by atoms with Gasteiger partial charge in [0.2, 0.25) is 11.8 Å². The van der Waals surface area contributed by atoms with Crippen molar-refractivity contribution in [1.82, 2.24) is 9.88 Å². The van der Waals surface area contributed by atoms with Crippen LogP contribution < -0.4 is 4.87 Å². The molecule has 2 aliphatic heterocycles. The van der Waals surface area contributed by atoms with Crippen LogP contribution in [0, 0.1) is 29.6 Å². The van der Waals surface area contributed by atoms with Crippen LogP contribution in [0.3, 0.4) is 0 Å². The molecule has 1 aromatic rings. The zero-order valence-electron chi connectivity index (χ0n) is 15.6. The Morgan fingerprint density at radius 3 is 2.57 bits per heavy atom. The van der Waals surface area contributed by atoms with Crippen molar-refractivity contribution in [2.75, 3.05) is 6.54 Å². The molecule has 9 heteroatoms. The van der Waals surface area contributed by atoms with Crippen molar-refractivity contribution in [3.05, 3.63) is 14.5 Å². The van der Waals surface area contributed by atoms with Gasteiger partial charge in [0.15, 0.2) is 0 Å². The van der Waals surface area contributed by atoms with Crippen molar-refractivity contribution < 1.29 is 19.5 Å². The molecular weight excluding hydrogens is 400 g/mol. The number of rotatable bonds is 4. The van der Waals surface area contributed by atoms with E-state index in [0.29, 0.717) is 6.42 Å². The highest BCUT2D eigenvalue weighted by Crippen LogP contribution is 2.68. The first-order chi connectivity index (χ1) is 13.2. The van der Waals surface area contributed by atoms with Crippen LogP contribution >= 0.6 is 23.1 Å². The zero-order chi connectivity index (χ0) is 20.0. The summed E-state index contributed by atoms with van der Waals surface area (Å²) in [4.78, 5) is 54.2. The van der Waals surface area contributed by atoms with Crippen LogP contribution in [0.1, 0.15) is 38.0 Å². The number of likely N-dealkylation sites (tertiary alicyclic amines) is 1. The second-order valence-electron chi connectivity index (χ2n) is 8.94. The Kier molecular flexibility index (Phi) is 3.91. The van der Waals surface area contributed by atoms with E-state index in [1.807, 2.05) is 0 Å². The number of thioether (sulfide) groups is 1. The number of hydrogen-bond acceptors (Lipinski definition) is 6. The molecule has 7 nitrogen and oxygen atoms in total. The van der Waals surface area contributed by atoms with Gasteiger partial charge in [-0.05, 0) is 30.6 Å². The van der Waals surface area contributed by atoms with Gasteiger partial charge in [0, 0.05) is 28.5 Å². The van der Waals surface area contributed by atoms with Gasteiger partial charge in [-0.15, -0.1) is 11.8 Å². The number of aromatic amines is 1. The maximum Gasteiger partial charge on any atom is 0.305 e. The fraction of sp³-hybridized carbons (Fsp3) is 0.684. The van der Waals surface area contributed by atoms with Gasteiger partial charge in [-0.25, -0.2) is 0 Å². The van der Waals surface area contributed by atoms with Gasteiger partial charge in [-0.3, -0.25) is 24.1 Å². The molecule has 3 fully saturated rings. The molecule has 2 N–H and O–H groups in total. The number of hydrogen-bond donors (Lipinski definition) is 2. The van der Waals surface area contributed by atoms with E-state index in [0.717, 1.165) is 16.3 Å². The lowest BCUT2D eigenvalue weighted by atomic mass is 9.64. The zero-order valence-corrected chi connectivity index (χ0v) is 17.3. The van der Waals surface area contributed by atoms with Crippen LogP contribution in [0.4, 0.5) is 0 Å². The van der Waals surface area contributed by atoms with E-state index in [2.05, 4.69) is 18.8 Å². The van der Waals surface area contributed by atoms with Gasteiger partial charge < -0.3 is 10.1 Å². The number of aromatic nitrogens is 1. The summed E-state index contributed by atoms with van der Waals surface area (Å²) in [7, 11) is 0. The number of carboxylic acids is 1. The molecule has 28 heavy (non-hydrogen) atoms. The Morgan fingerprint density at radius 2 is 1.89 bits per heavy atom. The molecular formula is C19H22N2O5S2. The third kappa shape index (κ3) is 2.29. The second-order valence-corrected chi connectivity index (χ2v) is 11.1. The minimum atomic E-state index is -0.913. The van der Waals surface area contributed by atoms with Gasteiger partial charge in [0.25, 0.3) is 0 Å². The van der Waals surface area contributed by atoms with Crippen LogP contribution in [0.15, 0.2) is 9.82 Å². The van der Waals surface area contributed by atoms with Crippen LogP contribution in [-0.4, -0.2) is 44.6 Å². The molecule has 6 atom stereocenters. The van der Waals surface area contributed by atoms with Gasteiger partial charge in [-0.1, -0.05) is 25.2 Å². The number of carbonyl (C=O) groups excluding carboxylic acids is 2. The number of carbonyl (C=O) groups is 3. The quantitative estimate of drug-likeness (QED) is 0.718. The average Bonchev–Trinajstić information content (AvgIpc) is 3.32. The lowest BCUT2D eigenvalue weighted by Gasteiger charge is -2.47. The second kappa shape index (κ2) is 5.95. The molecule has 3 heterocycles. The molecule has 1 aromatic heterocycles. The largest absolute Gasteiger partial charge is 0.481 e. The maximum atomic E-state index is 13.1. The Labute approximate surface area is 169 Å². The highest BCUT2D eigenvalue weighted by atomic mass is 32.2. The predicted octanol–water partition coefficient (Wildman–Crippen LogP) is 1.92. The third-order valence-electron chi connectivity index (χ3n) is 7.25. The summed E-state index contributed by atoms with van der Waals surface area (Å²) in [6, 6.07) is 0. The van der Waals surface area contributed by atoms with Crippen LogP contribution in [-0.2, 0) is 19.8 Å². The van der Waals surface area contributed by atoms with E-state index in [1.54, 1.807) is 11.8 Å². The number of fused-ring (bicyclic) bond motifs is 9. The molecule has 0 unspecified atom stereocenters. The van der Waals surface area contributed by atoms with E-state index in [-0.39, 0.29) is 69.9 Å². The normalized spacial score (nSPS) is 37.1. The summed E-state index contributed by atoms with van der Waals surface area (Å²) in [5, 5.41) is 10.0. The minimum Gasteiger partial charge on any atom is -0.481 e. The molecule has 150 valence electrons. The van der Waals surface area contributed by atoms with Gasteiger partial charge in [0.1, 0.15) is 0 Å². The summed E-state index contributed by atoms with van der Waals surface area (Å²) in [5.41, 5.74) is -0.209. The number of aliphatic carboxylic acids is 1. The standard InChI is InChI=1S/C19H22N2O5S2/c1-19(2)12-7-6-8(13(12)27-15-14(19)28-18(26)20-15)11-10(7)16(24)21(17(11)25)5-3-4-9(22)23/h7-8,10-13H,3-6H2,1-2H3,(H,20,26)(H,22,23)/t7-,8-,10+,11-,12+,13+/m0/s1. The molecule has 5 rings (SSSR count). The summed E-state index contributed by atoms with van der Waals surface area (Å²) in [6.07, 6.45) is 1.15. The fourth-order valence-electron chi connectivity index (χ4n) is 6.32. The summed E-state index contributed by atoms with van der Waals surface area (Å²) < 4.78 is 0. The van der Waals surface area contributed by atoms with E-state index in [4.69, 9.17) is 5.11 Å². The number of carboxylic acid groups (broad SMARTS) is 1. The monoisotopic (exact) mass is 422 g/mol.